The lowest BCUT2D eigenvalue weighted by molar-refractivity contribution is -0.0512. The minimum Gasteiger partial charge on any atom is -0.493 e. The molecule has 152 valence electrons. The van der Waals surface area contributed by atoms with Gasteiger partial charge in [0.15, 0.2) is 11.5 Å². The SMILES string of the molecule is COc1cc(/C=C/c2nc3sc4c(c3c(=O)[nH]2)CC[C@@H](C)C4)ccc1OC(F)F. The highest BCUT2D eigenvalue weighted by Gasteiger charge is 2.22. The van der Waals surface area contributed by atoms with Crippen molar-refractivity contribution in [3.05, 3.63) is 50.4 Å². The Balaban J connectivity index is 1.64. The van der Waals surface area contributed by atoms with Crippen LogP contribution in [0.1, 0.15) is 35.2 Å². The maximum atomic E-state index is 12.6. The molecule has 1 atom stereocenters. The molecular weight excluding hydrogens is 398 g/mol. The Bertz CT molecular complexity index is 1140. The number of H-pyrrole nitrogens is 1. The molecule has 0 fully saturated rings. The van der Waals surface area contributed by atoms with E-state index < -0.39 is 6.61 Å². The van der Waals surface area contributed by atoms with E-state index in [4.69, 9.17) is 4.74 Å². The Labute approximate surface area is 170 Å². The van der Waals surface area contributed by atoms with Gasteiger partial charge in [-0.3, -0.25) is 4.79 Å². The fourth-order valence-corrected chi connectivity index (χ4v) is 4.99. The van der Waals surface area contributed by atoms with Crippen molar-refractivity contribution in [2.45, 2.75) is 32.8 Å². The van der Waals surface area contributed by atoms with E-state index in [1.54, 1.807) is 35.6 Å². The van der Waals surface area contributed by atoms with Gasteiger partial charge in [-0.05, 0) is 54.5 Å². The molecule has 0 radical (unpaired) electrons. The van der Waals surface area contributed by atoms with Crippen molar-refractivity contribution < 1.29 is 18.3 Å². The summed E-state index contributed by atoms with van der Waals surface area (Å²) in [7, 11) is 1.38. The molecule has 1 aromatic carbocycles. The summed E-state index contributed by atoms with van der Waals surface area (Å²) < 4.78 is 34.4. The van der Waals surface area contributed by atoms with E-state index in [0.29, 0.717) is 22.7 Å². The van der Waals surface area contributed by atoms with E-state index in [1.807, 2.05) is 0 Å². The summed E-state index contributed by atoms with van der Waals surface area (Å²) >= 11 is 1.59. The molecule has 2 heterocycles. The minimum absolute atomic E-state index is 0.0361. The number of hydrogen-bond donors (Lipinski definition) is 1. The van der Waals surface area contributed by atoms with E-state index in [1.165, 1.54) is 18.1 Å². The molecule has 0 aliphatic heterocycles. The number of nitrogens with zero attached hydrogens (tertiary/aromatic N) is 1. The van der Waals surface area contributed by atoms with Crippen molar-refractivity contribution in [2.75, 3.05) is 7.11 Å². The lowest BCUT2D eigenvalue weighted by Crippen LogP contribution is -2.13. The second kappa shape index (κ2) is 7.94. The summed E-state index contributed by atoms with van der Waals surface area (Å²) in [4.78, 5) is 22.1. The van der Waals surface area contributed by atoms with Crippen molar-refractivity contribution >= 4 is 33.7 Å². The molecule has 0 saturated heterocycles. The highest BCUT2D eigenvalue weighted by atomic mass is 32.1. The molecule has 4 rings (SSSR count). The second-order valence-corrected chi connectivity index (χ2v) is 8.19. The minimum atomic E-state index is -2.93. The maximum Gasteiger partial charge on any atom is 0.387 e. The third kappa shape index (κ3) is 4.03. The van der Waals surface area contributed by atoms with Crippen molar-refractivity contribution in [2.24, 2.45) is 5.92 Å². The summed E-state index contributed by atoms with van der Waals surface area (Å²) in [6.45, 7) is -0.698. The average molecular weight is 418 g/mol. The van der Waals surface area contributed by atoms with Crippen LogP contribution in [-0.2, 0) is 12.8 Å². The molecule has 2 aromatic heterocycles. The summed E-state index contributed by atoms with van der Waals surface area (Å²) in [5.41, 5.74) is 1.72. The molecule has 0 amide bonds. The van der Waals surface area contributed by atoms with Gasteiger partial charge < -0.3 is 14.5 Å². The number of alkyl halides is 2. The van der Waals surface area contributed by atoms with Gasteiger partial charge in [-0.2, -0.15) is 8.78 Å². The van der Waals surface area contributed by atoms with Gasteiger partial charge in [0, 0.05) is 4.88 Å². The number of aromatic amines is 1. The van der Waals surface area contributed by atoms with Crippen LogP contribution in [0.15, 0.2) is 23.0 Å². The number of nitrogens with one attached hydrogen (secondary N) is 1. The van der Waals surface area contributed by atoms with Crippen LogP contribution in [0.2, 0.25) is 0 Å². The number of aryl methyl sites for hydroxylation is 1. The standard InChI is InChI=1S/C21H20F2N2O3S/c1-11-3-6-13-16(9-11)29-20-18(13)19(26)24-17(25-20)8-5-12-4-7-14(28-21(22)23)15(10-12)27-2/h4-5,7-8,10-11,21H,3,6,9H2,1-2H3,(H,24,25,26)/b8-5+/t11-/m1/s1. The van der Waals surface area contributed by atoms with Gasteiger partial charge in [-0.15, -0.1) is 11.3 Å². The number of benzene rings is 1. The highest BCUT2D eigenvalue weighted by Crippen LogP contribution is 2.35. The third-order valence-electron chi connectivity index (χ3n) is 5.02. The van der Waals surface area contributed by atoms with E-state index in [0.717, 1.165) is 29.7 Å². The third-order valence-corrected chi connectivity index (χ3v) is 6.17. The number of halogens is 2. The van der Waals surface area contributed by atoms with Crippen molar-refractivity contribution in [3.63, 3.8) is 0 Å². The van der Waals surface area contributed by atoms with Crippen molar-refractivity contribution in [1.29, 1.82) is 0 Å². The molecule has 5 nitrogen and oxygen atoms in total. The molecule has 1 aliphatic rings. The van der Waals surface area contributed by atoms with E-state index >= 15 is 0 Å². The van der Waals surface area contributed by atoms with Gasteiger partial charge >= 0.3 is 6.61 Å². The van der Waals surface area contributed by atoms with Gasteiger partial charge in [0.25, 0.3) is 5.56 Å². The van der Waals surface area contributed by atoms with Crippen LogP contribution in [0, 0.1) is 5.92 Å². The number of rotatable bonds is 5. The molecule has 0 unspecified atom stereocenters. The summed E-state index contributed by atoms with van der Waals surface area (Å²) in [6.07, 6.45) is 6.42. The van der Waals surface area contributed by atoms with Gasteiger partial charge in [-0.1, -0.05) is 19.1 Å². The molecule has 8 heteroatoms. The first-order valence-electron chi connectivity index (χ1n) is 9.30. The zero-order valence-corrected chi connectivity index (χ0v) is 16.8. The number of ether oxygens (including phenoxy) is 2. The lowest BCUT2D eigenvalue weighted by atomic mass is 9.89. The molecule has 0 spiro atoms. The number of hydrogen-bond acceptors (Lipinski definition) is 5. The number of thiophene rings is 1. The van der Waals surface area contributed by atoms with Gasteiger partial charge in [0.2, 0.25) is 0 Å². The Kier molecular flexibility index (Phi) is 5.36. The van der Waals surface area contributed by atoms with Crippen LogP contribution in [0.25, 0.3) is 22.4 Å². The van der Waals surface area contributed by atoms with Crippen LogP contribution in [0.3, 0.4) is 0 Å². The number of aromatic nitrogens is 2. The Morgan fingerprint density at radius 1 is 1.31 bits per heavy atom. The van der Waals surface area contributed by atoms with E-state index in [2.05, 4.69) is 21.6 Å². The van der Waals surface area contributed by atoms with Gasteiger partial charge in [0.05, 0.1) is 12.5 Å². The zero-order valence-electron chi connectivity index (χ0n) is 16.0. The zero-order chi connectivity index (χ0) is 20.5. The first kappa shape index (κ1) is 19.6. The van der Waals surface area contributed by atoms with E-state index in [9.17, 15) is 13.6 Å². The summed E-state index contributed by atoms with van der Waals surface area (Å²) in [5, 5.41) is 0.712. The molecule has 1 N–H and O–H groups in total. The van der Waals surface area contributed by atoms with Crippen LogP contribution in [0.4, 0.5) is 8.78 Å². The number of fused-ring (bicyclic) bond motifs is 3. The predicted molar refractivity (Wildman–Crippen MR) is 110 cm³/mol. The fraction of sp³-hybridized carbons (Fsp3) is 0.333. The van der Waals surface area contributed by atoms with Crippen LogP contribution in [-0.4, -0.2) is 23.7 Å². The normalized spacial score (nSPS) is 16.5. The molecule has 0 bridgehead atoms. The molecule has 3 aromatic rings. The molecular formula is C21H20F2N2O3S. The van der Waals surface area contributed by atoms with E-state index in [-0.39, 0.29) is 17.1 Å². The second-order valence-electron chi connectivity index (χ2n) is 7.11. The molecule has 29 heavy (non-hydrogen) atoms. The highest BCUT2D eigenvalue weighted by molar-refractivity contribution is 7.18. The molecule has 0 saturated carbocycles. The Hall–Kier alpha value is -2.74. The topological polar surface area (TPSA) is 64.2 Å². The lowest BCUT2D eigenvalue weighted by Gasteiger charge is -2.17. The van der Waals surface area contributed by atoms with Crippen LogP contribution >= 0.6 is 11.3 Å². The molecule has 1 aliphatic carbocycles. The summed E-state index contributed by atoms with van der Waals surface area (Å²) in [6, 6.07) is 4.62. The first-order valence-corrected chi connectivity index (χ1v) is 10.1. The van der Waals surface area contributed by atoms with Gasteiger partial charge in [-0.25, -0.2) is 4.98 Å². The largest absolute Gasteiger partial charge is 0.493 e. The number of methoxy groups -OCH3 is 1. The first-order chi connectivity index (χ1) is 13.9. The van der Waals surface area contributed by atoms with Crippen LogP contribution in [0.5, 0.6) is 11.5 Å². The Morgan fingerprint density at radius 3 is 2.90 bits per heavy atom. The Morgan fingerprint density at radius 2 is 2.14 bits per heavy atom. The van der Waals surface area contributed by atoms with Crippen molar-refractivity contribution in [3.8, 4) is 11.5 Å². The average Bonchev–Trinajstić information content (AvgIpc) is 3.04. The van der Waals surface area contributed by atoms with Gasteiger partial charge in [0.1, 0.15) is 10.7 Å². The summed E-state index contributed by atoms with van der Waals surface area (Å²) in [5.74, 6) is 1.23. The van der Waals surface area contributed by atoms with Crippen LogP contribution < -0.4 is 15.0 Å². The monoisotopic (exact) mass is 418 g/mol. The fourth-order valence-electron chi connectivity index (χ4n) is 3.60. The quantitative estimate of drug-likeness (QED) is 0.641. The smallest absolute Gasteiger partial charge is 0.387 e. The predicted octanol–water partition coefficient (Wildman–Crippen LogP) is 4.89. The maximum absolute atomic E-state index is 12.6. The van der Waals surface area contributed by atoms with Crippen molar-refractivity contribution in [1.82, 2.24) is 9.97 Å².